The van der Waals surface area contributed by atoms with Crippen molar-refractivity contribution in [3.05, 3.63) is 84.3 Å². The molecule has 0 spiro atoms. The fourth-order valence-corrected chi connectivity index (χ4v) is 3.31. The summed E-state index contributed by atoms with van der Waals surface area (Å²) in [5, 5.41) is 3.41. The minimum absolute atomic E-state index is 0.108. The molecule has 2 aromatic carbocycles. The molecule has 1 aromatic heterocycles. The number of para-hydroxylation sites is 1. The largest absolute Gasteiger partial charge is 0.467 e. The molecule has 1 aliphatic rings. The van der Waals surface area contributed by atoms with Crippen LogP contribution in [0.4, 0.5) is 0 Å². The van der Waals surface area contributed by atoms with Crippen molar-refractivity contribution in [3.8, 4) is 11.5 Å². The van der Waals surface area contributed by atoms with Crippen LogP contribution in [-0.2, 0) is 0 Å². The smallest absolute Gasteiger partial charge is 0.127 e. The Kier molecular flexibility index (Phi) is 4.81. The second kappa shape index (κ2) is 7.55. The Hall–Kier alpha value is -2.56. The summed E-state index contributed by atoms with van der Waals surface area (Å²) in [5.41, 5.74) is 1.19. The number of rotatable bonds is 5. The zero-order chi connectivity index (χ0) is 16.9. The van der Waals surface area contributed by atoms with E-state index in [1.165, 1.54) is 5.56 Å². The zero-order valence-corrected chi connectivity index (χ0v) is 14.1. The summed E-state index contributed by atoms with van der Waals surface area (Å²) >= 11 is 0. The molecule has 0 amide bonds. The van der Waals surface area contributed by atoms with E-state index in [0.717, 1.165) is 43.4 Å². The van der Waals surface area contributed by atoms with Crippen LogP contribution in [0.15, 0.2) is 77.4 Å². The lowest BCUT2D eigenvalue weighted by molar-refractivity contribution is 0.180. The monoisotopic (exact) mass is 334 g/mol. The molecule has 2 heterocycles. The maximum absolute atomic E-state index is 6.01. The first-order valence-corrected chi connectivity index (χ1v) is 8.71. The number of ether oxygens (including phenoxy) is 1. The second-order valence-electron chi connectivity index (χ2n) is 6.19. The van der Waals surface area contributed by atoms with Gasteiger partial charge in [0, 0.05) is 26.2 Å². The van der Waals surface area contributed by atoms with E-state index >= 15 is 0 Å². The molecule has 0 saturated carbocycles. The summed E-state index contributed by atoms with van der Waals surface area (Å²) in [6.45, 7) is 3.99. The topological polar surface area (TPSA) is 37.6 Å². The number of nitrogens with one attached hydrogen (secondary N) is 1. The zero-order valence-electron chi connectivity index (χ0n) is 14.1. The predicted octanol–water partition coefficient (Wildman–Crippen LogP) is 4.07. The maximum atomic E-state index is 6.01. The van der Waals surface area contributed by atoms with Crippen LogP contribution in [0.3, 0.4) is 0 Å². The Morgan fingerprint density at radius 3 is 2.44 bits per heavy atom. The average Bonchev–Trinajstić information content (AvgIpc) is 3.18. The van der Waals surface area contributed by atoms with Crippen LogP contribution in [0.25, 0.3) is 0 Å². The first kappa shape index (κ1) is 15.9. The van der Waals surface area contributed by atoms with Gasteiger partial charge in [-0.25, -0.2) is 0 Å². The number of furan rings is 1. The van der Waals surface area contributed by atoms with Gasteiger partial charge in [-0.1, -0.05) is 30.3 Å². The number of piperazine rings is 1. The fraction of sp³-hybridized carbons (Fsp3) is 0.238. The van der Waals surface area contributed by atoms with Gasteiger partial charge in [-0.05, 0) is 42.0 Å². The molecule has 1 atom stereocenters. The summed E-state index contributed by atoms with van der Waals surface area (Å²) in [6, 6.07) is 22.3. The molecule has 3 aromatic rings. The Morgan fingerprint density at radius 1 is 0.880 bits per heavy atom. The van der Waals surface area contributed by atoms with Crippen molar-refractivity contribution < 1.29 is 9.15 Å². The number of hydrogen-bond donors (Lipinski definition) is 1. The minimum atomic E-state index is 0.108. The van der Waals surface area contributed by atoms with Crippen LogP contribution >= 0.6 is 0 Å². The van der Waals surface area contributed by atoms with Gasteiger partial charge in [0.1, 0.15) is 17.3 Å². The molecule has 4 nitrogen and oxygen atoms in total. The molecule has 128 valence electrons. The molecule has 0 bridgehead atoms. The van der Waals surface area contributed by atoms with Crippen LogP contribution < -0.4 is 10.1 Å². The number of hydrogen-bond acceptors (Lipinski definition) is 4. The normalized spacial score (nSPS) is 16.5. The molecule has 1 N–H and O–H groups in total. The Labute approximate surface area is 148 Å². The predicted molar refractivity (Wildman–Crippen MR) is 98.0 cm³/mol. The van der Waals surface area contributed by atoms with E-state index in [4.69, 9.17) is 9.15 Å². The molecule has 4 rings (SSSR count). The third-order valence-corrected chi connectivity index (χ3v) is 4.48. The Bertz CT molecular complexity index is 781. The molecule has 25 heavy (non-hydrogen) atoms. The maximum Gasteiger partial charge on any atom is 0.127 e. The fourth-order valence-electron chi connectivity index (χ4n) is 3.31. The molecule has 1 aliphatic heterocycles. The second-order valence-corrected chi connectivity index (χ2v) is 6.19. The van der Waals surface area contributed by atoms with Gasteiger partial charge in [-0.15, -0.1) is 0 Å². The molecule has 1 fully saturated rings. The summed E-state index contributed by atoms with van der Waals surface area (Å²) < 4.78 is 11.8. The van der Waals surface area contributed by atoms with Gasteiger partial charge >= 0.3 is 0 Å². The Balaban J connectivity index is 1.64. The van der Waals surface area contributed by atoms with Gasteiger partial charge in [0.2, 0.25) is 0 Å². The molecular weight excluding hydrogens is 312 g/mol. The van der Waals surface area contributed by atoms with Crippen molar-refractivity contribution in [1.29, 1.82) is 0 Å². The van der Waals surface area contributed by atoms with E-state index in [2.05, 4.69) is 28.4 Å². The van der Waals surface area contributed by atoms with Crippen LogP contribution in [0.2, 0.25) is 0 Å². The van der Waals surface area contributed by atoms with Crippen molar-refractivity contribution in [1.82, 2.24) is 10.2 Å². The third kappa shape index (κ3) is 3.76. The van der Waals surface area contributed by atoms with E-state index in [1.54, 1.807) is 6.26 Å². The van der Waals surface area contributed by atoms with Gasteiger partial charge in [0.15, 0.2) is 0 Å². The summed E-state index contributed by atoms with van der Waals surface area (Å²) in [7, 11) is 0. The van der Waals surface area contributed by atoms with Crippen molar-refractivity contribution in [3.63, 3.8) is 0 Å². The highest BCUT2D eigenvalue weighted by atomic mass is 16.5. The van der Waals surface area contributed by atoms with Crippen LogP contribution in [-0.4, -0.2) is 31.1 Å². The van der Waals surface area contributed by atoms with Crippen LogP contribution in [0, 0.1) is 0 Å². The van der Waals surface area contributed by atoms with E-state index in [0.29, 0.717) is 0 Å². The molecule has 0 radical (unpaired) electrons. The highest BCUT2D eigenvalue weighted by Gasteiger charge is 2.26. The van der Waals surface area contributed by atoms with Crippen LogP contribution in [0.1, 0.15) is 17.4 Å². The van der Waals surface area contributed by atoms with Gasteiger partial charge in [0.05, 0.1) is 12.3 Å². The number of nitrogens with zero attached hydrogens (tertiary/aromatic N) is 1. The van der Waals surface area contributed by atoms with Crippen molar-refractivity contribution >= 4 is 0 Å². The van der Waals surface area contributed by atoms with Crippen molar-refractivity contribution in [2.45, 2.75) is 6.04 Å². The van der Waals surface area contributed by atoms with Gasteiger partial charge in [-0.3, -0.25) is 4.90 Å². The van der Waals surface area contributed by atoms with Gasteiger partial charge in [0.25, 0.3) is 0 Å². The summed E-state index contributed by atoms with van der Waals surface area (Å²) in [6.07, 6.45) is 1.74. The number of benzene rings is 2. The minimum Gasteiger partial charge on any atom is -0.467 e. The van der Waals surface area contributed by atoms with Gasteiger partial charge < -0.3 is 14.5 Å². The molecule has 4 heteroatoms. The Morgan fingerprint density at radius 2 is 1.68 bits per heavy atom. The van der Waals surface area contributed by atoms with Crippen molar-refractivity contribution in [2.75, 3.05) is 26.2 Å². The molecule has 0 aliphatic carbocycles. The summed E-state index contributed by atoms with van der Waals surface area (Å²) in [5.74, 6) is 2.66. The average molecular weight is 334 g/mol. The molecule has 1 unspecified atom stereocenters. The highest BCUT2D eigenvalue weighted by Crippen LogP contribution is 2.32. The van der Waals surface area contributed by atoms with Gasteiger partial charge in [-0.2, -0.15) is 0 Å². The lowest BCUT2D eigenvalue weighted by Crippen LogP contribution is -2.45. The lowest BCUT2D eigenvalue weighted by atomic mass is 10.0. The molecule has 1 saturated heterocycles. The van der Waals surface area contributed by atoms with Crippen molar-refractivity contribution in [2.24, 2.45) is 0 Å². The van der Waals surface area contributed by atoms with E-state index in [-0.39, 0.29) is 6.04 Å². The first-order valence-electron chi connectivity index (χ1n) is 8.71. The first-order chi connectivity index (χ1) is 12.4. The SMILES string of the molecule is c1ccc(Oc2cccc(C(c3ccco3)N3CCNCC3)c2)cc1. The highest BCUT2D eigenvalue weighted by molar-refractivity contribution is 5.37. The lowest BCUT2D eigenvalue weighted by Gasteiger charge is -2.34. The quantitative estimate of drug-likeness (QED) is 0.763. The third-order valence-electron chi connectivity index (χ3n) is 4.48. The molecular formula is C21H22N2O2. The van der Waals surface area contributed by atoms with E-state index in [1.807, 2.05) is 48.5 Å². The van der Waals surface area contributed by atoms with E-state index < -0.39 is 0 Å². The standard InChI is InChI=1S/C21H22N2O2/c1-2-7-18(8-3-1)25-19-9-4-6-17(16-19)21(20-10-5-15-24-20)23-13-11-22-12-14-23/h1-10,15-16,21-22H,11-14H2. The summed E-state index contributed by atoms with van der Waals surface area (Å²) in [4.78, 5) is 2.46. The van der Waals surface area contributed by atoms with Crippen LogP contribution in [0.5, 0.6) is 11.5 Å². The van der Waals surface area contributed by atoms with E-state index in [9.17, 15) is 0 Å².